The van der Waals surface area contributed by atoms with Crippen molar-refractivity contribution < 1.29 is 33.3 Å². The number of carbonyl (C=O) groups is 3. The molecule has 2 aromatic carbocycles. The van der Waals surface area contributed by atoms with Crippen LogP contribution in [0.4, 0.5) is 0 Å². The van der Waals surface area contributed by atoms with Crippen LogP contribution in [-0.2, 0) is 16.1 Å². The summed E-state index contributed by atoms with van der Waals surface area (Å²) in [5.74, 6) is 0.843. The van der Waals surface area contributed by atoms with Gasteiger partial charge in [0, 0.05) is 12.1 Å². The molecule has 0 spiro atoms. The highest BCUT2D eigenvalue weighted by atomic mass is 32.1. The van der Waals surface area contributed by atoms with Crippen LogP contribution in [0.3, 0.4) is 0 Å². The molecule has 3 amide bonds. The number of hydrogen-bond acceptors (Lipinski definition) is 8. The molecule has 1 aliphatic heterocycles. The molecule has 3 aromatic rings. The van der Waals surface area contributed by atoms with Crippen LogP contribution < -0.4 is 29.6 Å². The minimum atomic E-state index is -1.06. The Morgan fingerprint density at radius 1 is 1.00 bits per heavy atom. The average Bonchev–Trinajstić information content (AvgIpc) is 3.62. The second kappa shape index (κ2) is 12.3. The molecule has 11 heteroatoms. The van der Waals surface area contributed by atoms with Crippen molar-refractivity contribution in [2.75, 3.05) is 27.6 Å². The molecule has 1 atom stereocenters. The maximum Gasteiger partial charge on any atom is 0.261 e. The maximum atomic E-state index is 13.9. The van der Waals surface area contributed by atoms with E-state index in [1.807, 2.05) is 26.8 Å². The summed E-state index contributed by atoms with van der Waals surface area (Å²) in [5.41, 5.74) is 0.654. The minimum Gasteiger partial charge on any atom is -0.493 e. The van der Waals surface area contributed by atoms with Crippen LogP contribution in [0.25, 0.3) is 0 Å². The van der Waals surface area contributed by atoms with Gasteiger partial charge >= 0.3 is 0 Å². The van der Waals surface area contributed by atoms with Gasteiger partial charge in [0.2, 0.25) is 18.6 Å². The topological polar surface area (TPSA) is 115 Å². The number of benzene rings is 2. The van der Waals surface area contributed by atoms with Crippen molar-refractivity contribution in [2.24, 2.45) is 0 Å². The zero-order valence-electron chi connectivity index (χ0n) is 23.1. The fraction of sp³-hybridized carbons (Fsp3) is 0.345. The fourth-order valence-corrected chi connectivity index (χ4v) is 4.89. The summed E-state index contributed by atoms with van der Waals surface area (Å²) in [6.45, 7) is 5.44. The molecule has 0 radical (unpaired) electrons. The summed E-state index contributed by atoms with van der Waals surface area (Å²) in [6, 6.07) is 12.8. The van der Waals surface area contributed by atoms with E-state index >= 15 is 0 Å². The van der Waals surface area contributed by atoms with Gasteiger partial charge in [0.1, 0.15) is 6.04 Å². The Kier molecular flexibility index (Phi) is 8.83. The Labute approximate surface area is 237 Å². The van der Waals surface area contributed by atoms with Crippen LogP contribution >= 0.6 is 11.3 Å². The Hall–Kier alpha value is -4.25. The van der Waals surface area contributed by atoms with Crippen LogP contribution in [0.15, 0.2) is 53.9 Å². The molecule has 0 saturated carbocycles. The third-order valence-electron chi connectivity index (χ3n) is 6.04. The number of hydrogen-bond donors (Lipinski definition) is 2. The third-order valence-corrected chi connectivity index (χ3v) is 6.91. The molecule has 0 aliphatic carbocycles. The second-order valence-electron chi connectivity index (χ2n) is 10.1. The van der Waals surface area contributed by atoms with E-state index in [1.165, 1.54) is 30.5 Å². The van der Waals surface area contributed by atoms with Gasteiger partial charge in [0.25, 0.3) is 5.91 Å². The fourth-order valence-electron chi connectivity index (χ4n) is 4.25. The molecule has 212 valence electrons. The predicted molar refractivity (Wildman–Crippen MR) is 150 cm³/mol. The Morgan fingerprint density at radius 2 is 1.75 bits per heavy atom. The number of thiophene rings is 1. The summed E-state index contributed by atoms with van der Waals surface area (Å²) in [4.78, 5) is 42.2. The highest BCUT2D eigenvalue weighted by molar-refractivity contribution is 7.12. The lowest BCUT2D eigenvalue weighted by Gasteiger charge is -2.34. The van der Waals surface area contributed by atoms with Crippen LogP contribution in [0.1, 0.15) is 47.6 Å². The Balaban J connectivity index is 1.73. The van der Waals surface area contributed by atoms with E-state index in [4.69, 9.17) is 18.9 Å². The summed E-state index contributed by atoms with van der Waals surface area (Å²) in [5, 5.41) is 7.47. The highest BCUT2D eigenvalue weighted by Gasteiger charge is 2.34. The summed E-state index contributed by atoms with van der Waals surface area (Å²) in [7, 11) is 3.02. The number of rotatable bonds is 10. The molecule has 40 heavy (non-hydrogen) atoms. The highest BCUT2D eigenvalue weighted by Crippen LogP contribution is 2.36. The summed E-state index contributed by atoms with van der Waals surface area (Å²) < 4.78 is 21.8. The predicted octanol–water partition coefficient (Wildman–Crippen LogP) is 3.91. The van der Waals surface area contributed by atoms with Gasteiger partial charge in [-0.25, -0.2) is 0 Å². The van der Waals surface area contributed by atoms with Gasteiger partial charge in [-0.15, -0.1) is 11.3 Å². The number of amides is 3. The van der Waals surface area contributed by atoms with Gasteiger partial charge in [-0.05, 0) is 67.6 Å². The first-order chi connectivity index (χ1) is 19.1. The lowest BCUT2D eigenvalue weighted by molar-refractivity contribution is -0.141. The Bertz CT molecular complexity index is 1370. The molecule has 2 heterocycles. The molecule has 1 aromatic heterocycles. The van der Waals surface area contributed by atoms with E-state index in [1.54, 1.807) is 47.8 Å². The van der Waals surface area contributed by atoms with Crippen molar-refractivity contribution in [3.05, 3.63) is 69.9 Å². The quantitative estimate of drug-likeness (QED) is 0.382. The van der Waals surface area contributed by atoms with Crippen molar-refractivity contribution in [1.82, 2.24) is 15.5 Å². The van der Waals surface area contributed by atoms with Crippen molar-refractivity contribution in [1.29, 1.82) is 0 Å². The number of ether oxygens (including phenoxy) is 4. The van der Waals surface area contributed by atoms with Crippen LogP contribution in [0.2, 0.25) is 0 Å². The number of methoxy groups -OCH3 is 2. The minimum absolute atomic E-state index is 0.0565. The number of carbonyl (C=O) groups excluding carboxylic acids is 3. The molecule has 0 unspecified atom stereocenters. The molecule has 4 rings (SSSR count). The number of fused-ring (bicyclic) bond motifs is 1. The van der Waals surface area contributed by atoms with E-state index in [0.29, 0.717) is 33.4 Å². The van der Waals surface area contributed by atoms with Crippen LogP contribution in [0.5, 0.6) is 23.0 Å². The van der Waals surface area contributed by atoms with Gasteiger partial charge < -0.3 is 34.5 Å². The first-order valence-corrected chi connectivity index (χ1v) is 13.5. The molecular weight excluding hydrogens is 534 g/mol. The number of nitrogens with one attached hydrogen (secondary N) is 2. The normalized spacial score (nSPS) is 12.8. The molecule has 10 nitrogen and oxygen atoms in total. The van der Waals surface area contributed by atoms with Gasteiger partial charge in [0.05, 0.1) is 25.6 Å². The van der Waals surface area contributed by atoms with E-state index < -0.39 is 23.4 Å². The first-order valence-electron chi connectivity index (χ1n) is 12.6. The van der Waals surface area contributed by atoms with Crippen molar-refractivity contribution >= 4 is 29.1 Å². The van der Waals surface area contributed by atoms with Gasteiger partial charge in [-0.3, -0.25) is 14.4 Å². The molecule has 0 saturated heterocycles. The van der Waals surface area contributed by atoms with E-state index in [9.17, 15) is 14.4 Å². The smallest absolute Gasteiger partial charge is 0.261 e. The Morgan fingerprint density at radius 3 is 2.42 bits per heavy atom. The molecule has 1 aliphatic rings. The molecular formula is C29H33N3O7S. The van der Waals surface area contributed by atoms with Gasteiger partial charge in [-0.1, -0.05) is 18.2 Å². The van der Waals surface area contributed by atoms with Crippen molar-refractivity contribution in [2.45, 2.75) is 38.9 Å². The SMILES string of the molecule is COc1ccc([C@@H](C(=O)NC(C)(C)C)N(Cc2ccc3c(c2)OCO3)C(=O)CNC(=O)c2cccs2)cc1OC. The lowest BCUT2D eigenvalue weighted by Crippen LogP contribution is -2.50. The third kappa shape index (κ3) is 6.84. The van der Waals surface area contributed by atoms with E-state index in [2.05, 4.69) is 10.6 Å². The summed E-state index contributed by atoms with van der Waals surface area (Å²) in [6.07, 6.45) is 0. The molecule has 0 bridgehead atoms. The number of nitrogens with zero attached hydrogens (tertiary/aromatic N) is 1. The largest absolute Gasteiger partial charge is 0.493 e. The second-order valence-corrected chi connectivity index (χ2v) is 11.1. The van der Waals surface area contributed by atoms with Crippen molar-refractivity contribution in [3.8, 4) is 23.0 Å². The monoisotopic (exact) mass is 567 g/mol. The van der Waals surface area contributed by atoms with E-state index in [-0.39, 0.29) is 25.8 Å². The lowest BCUT2D eigenvalue weighted by atomic mass is 10.00. The first kappa shape index (κ1) is 28.8. The molecule has 2 N–H and O–H groups in total. The van der Waals surface area contributed by atoms with Gasteiger partial charge in [0.15, 0.2) is 23.0 Å². The standard InChI is InChI=1S/C29H33N3O7S/c1-29(2,3)31-28(35)26(19-9-11-20(36-4)22(14-19)37-5)32(16-18-8-10-21-23(13-18)39-17-38-21)25(33)15-30-27(34)24-7-6-12-40-24/h6-14,26H,15-17H2,1-5H3,(H,30,34)(H,31,35)/t26-/m0/s1. The molecule has 0 fully saturated rings. The average molecular weight is 568 g/mol. The van der Waals surface area contributed by atoms with Crippen LogP contribution in [0, 0.1) is 0 Å². The zero-order valence-corrected chi connectivity index (χ0v) is 23.9. The van der Waals surface area contributed by atoms with Gasteiger partial charge in [-0.2, -0.15) is 0 Å². The van der Waals surface area contributed by atoms with E-state index in [0.717, 1.165) is 5.56 Å². The maximum absolute atomic E-state index is 13.9. The van der Waals surface area contributed by atoms with Crippen molar-refractivity contribution in [3.63, 3.8) is 0 Å². The summed E-state index contributed by atoms with van der Waals surface area (Å²) >= 11 is 1.27. The van der Waals surface area contributed by atoms with Crippen LogP contribution in [-0.4, -0.2) is 55.7 Å². The zero-order chi connectivity index (χ0) is 28.9.